The van der Waals surface area contributed by atoms with Crippen molar-refractivity contribution in [1.82, 2.24) is 5.32 Å². The number of barbiturate groups is 1. The van der Waals surface area contributed by atoms with Gasteiger partial charge in [-0.1, -0.05) is 13.0 Å². The molecule has 3 rings (SSSR count). The number of urea groups is 1. The molecule has 0 aliphatic carbocycles. The van der Waals surface area contributed by atoms with E-state index in [4.69, 9.17) is 9.47 Å². The van der Waals surface area contributed by atoms with Crippen LogP contribution in [0.3, 0.4) is 0 Å². The van der Waals surface area contributed by atoms with Gasteiger partial charge in [0.25, 0.3) is 11.8 Å². The van der Waals surface area contributed by atoms with Crippen LogP contribution in [0.4, 0.5) is 10.5 Å². The molecule has 0 bridgehead atoms. The zero-order valence-electron chi connectivity index (χ0n) is 15.9. The van der Waals surface area contributed by atoms with Crippen LogP contribution in [-0.4, -0.2) is 31.6 Å². The zero-order chi connectivity index (χ0) is 21.0. The minimum absolute atomic E-state index is 0.144. The highest BCUT2D eigenvalue weighted by Gasteiger charge is 2.36. The molecule has 0 saturated carbocycles. The maximum Gasteiger partial charge on any atom is 0.335 e. The van der Waals surface area contributed by atoms with Gasteiger partial charge in [-0.15, -0.1) is 0 Å². The largest absolute Gasteiger partial charge is 0.497 e. The fourth-order valence-electron chi connectivity index (χ4n) is 2.73. The molecule has 0 spiro atoms. The van der Waals surface area contributed by atoms with Crippen LogP contribution in [-0.2, 0) is 9.59 Å². The molecular formula is C21H19BrN2O5. The Bertz CT molecular complexity index is 985. The molecule has 7 nitrogen and oxygen atoms in total. The highest BCUT2D eigenvalue weighted by molar-refractivity contribution is 9.10. The molecule has 2 aromatic carbocycles. The summed E-state index contributed by atoms with van der Waals surface area (Å²) in [6.45, 7) is 2.59. The van der Waals surface area contributed by atoms with Crippen LogP contribution in [0.1, 0.15) is 18.9 Å². The van der Waals surface area contributed by atoms with Crippen molar-refractivity contribution in [2.24, 2.45) is 0 Å². The van der Waals surface area contributed by atoms with E-state index in [0.29, 0.717) is 33.8 Å². The topological polar surface area (TPSA) is 84.9 Å². The molecule has 1 fully saturated rings. The number of benzene rings is 2. The Morgan fingerprint density at radius 1 is 1.10 bits per heavy atom. The van der Waals surface area contributed by atoms with Crippen molar-refractivity contribution in [2.75, 3.05) is 18.6 Å². The van der Waals surface area contributed by atoms with Gasteiger partial charge in [0, 0.05) is 0 Å². The maximum absolute atomic E-state index is 12.9. The maximum atomic E-state index is 12.9. The molecule has 1 N–H and O–H groups in total. The van der Waals surface area contributed by atoms with Crippen LogP contribution in [0.25, 0.3) is 6.08 Å². The second kappa shape index (κ2) is 8.91. The molecule has 0 radical (unpaired) electrons. The van der Waals surface area contributed by atoms with Gasteiger partial charge >= 0.3 is 6.03 Å². The third kappa shape index (κ3) is 4.48. The SMILES string of the molecule is CCCOc1ccc(/C=C2\C(=O)NC(=O)N(c3ccc(OC)cc3)C2=O)cc1Br. The number of carbonyl (C=O) groups is 3. The van der Waals surface area contributed by atoms with Gasteiger partial charge in [0.2, 0.25) is 0 Å². The number of anilines is 1. The van der Waals surface area contributed by atoms with Crippen molar-refractivity contribution >= 4 is 45.5 Å². The third-order valence-electron chi connectivity index (χ3n) is 4.16. The molecule has 150 valence electrons. The van der Waals surface area contributed by atoms with E-state index < -0.39 is 17.8 Å². The van der Waals surface area contributed by atoms with Gasteiger partial charge in [-0.05, 0) is 70.4 Å². The summed E-state index contributed by atoms with van der Waals surface area (Å²) in [6, 6.07) is 10.8. The first kappa shape index (κ1) is 20.6. The number of ether oxygens (including phenoxy) is 2. The highest BCUT2D eigenvalue weighted by Crippen LogP contribution is 2.28. The predicted molar refractivity (Wildman–Crippen MR) is 112 cm³/mol. The van der Waals surface area contributed by atoms with Crippen molar-refractivity contribution in [2.45, 2.75) is 13.3 Å². The summed E-state index contributed by atoms with van der Waals surface area (Å²) in [5, 5.41) is 2.20. The lowest BCUT2D eigenvalue weighted by molar-refractivity contribution is -0.122. The fraction of sp³-hybridized carbons (Fsp3) is 0.190. The summed E-state index contributed by atoms with van der Waals surface area (Å²) < 4.78 is 11.4. The number of carbonyl (C=O) groups excluding carboxylic acids is 3. The number of amides is 4. The van der Waals surface area contributed by atoms with Gasteiger partial charge < -0.3 is 9.47 Å². The second-order valence-corrected chi connectivity index (χ2v) is 7.05. The van der Waals surface area contributed by atoms with Crippen LogP contribution in [0.5, 0.6) is 11.5 Å². The van der Waals surface area contributed by atoms with Gasteiger partial charge in [0.05, 0.1) is 23.9 Å². The molecule has 0 unspecified atom stereocenters. The number of halogens is 1. The molecular weight excluding hydrogens is 440 g/mol. The van der Waals surface area contributed by atoms with E-state index in [-0.39, 0.29) is 5.57 Å². The van der Waals surface area contributed by atoms with Gasteiger partial charge in [-0.25, -0.2) is 9.69 Å². The number of methoxy groups -OCH3 is 1. The van der Waals surface area contributed by atoms with Crippen molar-refractivity contribution < 1.29 is 23.9 Å². The molecule has 8 heteroatoms. The number of hydrogen-bond donors (Lipinski definition) is 1. The molecule has 4 amide bonds. The third-order valence-corrected chi connectivity index (χ3v) is 4.78. The summed E-state index contributed by atoms with van der Waals surface area (Å²) in [4.78, 5) is 38.4. The van der Waals surface area contributed by atoms with E-state index in [2.05, 4.69) is 21.2 Å². The van der Waals surface area contributed by atoms with Crippen molar-refractivity contribution in [1.29, 1.82) is 0 Å². The highest BCUT2D eigenvalue weighted by atomic mass is 79.9. The number of rotatable bonds is 6. The molecule has 1 aliphatic heterocycles. The number of nitrogens with zero attached hydrogens (tertiary/aromatic N) is 1. The summed E-state index contributed by atoms with van der Waals surface area (Å²) >= 11 is 3.43. The normalized spacial score (nSPS) is 15.5. The summed E-state index contributed by atoms with van der Waals surface area (Å²) in [5.74, 6) is -0.192. The van der Waals surface area contributed by atoms with Crippen LogP contribution in [0.15, 0.2) is 52.5 Å². The van der Waals surface area contributed by atoms with Crippen molar-refractivity contribution in [3.8, 4) is 11.5 Å². The minimum Gasteiger partial charge on any atom is -0.497 e. The average Bonchev–Trinajstić information content (AvgIpc) is 2.71. The lowest BCUT2D eigenvalue weighted by Crippen LogP contribution is -2.54. The van der Waals surface area contributed by atoms with Crippen LogP contribution in [0, 0.1) is 0 Å². The van der Waals surface area contributed by atoms with Crippen LogP contribution >= 0.6 is 15.9 Å². The zero-order valence-corrected chi connectivity index (χ0v) is 17.5. The van der Waals surface area contributed by atoms with Gasteiger partial charge in [0.15, 0.2) is 0 Å². The van der Waals surface area contributed by atoms with Crippen LogP contribution < -0.4 is 19.7 Å². The summed E-state index contributed by atoms with van der Waals surface area (Å²) in [6.07, 6.45) is 2.32. The van der Waals surface area contributed by atoms with E-state index in [1.165, 1.54) is 13.2 Å². The van der Waals surface area contributed by atoms with Gasteiger partial charge in [-0.3, -0.25) is 14.9 Å². The Hall–Kier alpha value is -3.13. The first-order valence-corrected chi connectivity index (χ1v) is 9.71. The van der Waals surface area contributed by atoms with Crippen molar-refractivity contribution in [3.63, 3.8) is 0 Å². The molecule has 0 atom stereocenters. The van der Waals surface area contributed by atoms with E-state index in [1.807, 2.05) is 6.92 Å². The lowest BCUT2D eigenvalue weighted by atomic mass is 10.1. The van der Waals surface area contributed by atoms with E-state index in [0.717, 1.165) is 11.3 Å². The Morgan fingerprint density at radius 3 is 2.45 bits per heavy atom. The molecule has 1 aliphatic rings. The smallest absolute Gasteiger partial charge is 0.335 e. The predicted octanol–water partition coefficient (Wildman–Crippen LogP) is 3.91. The molecule has 2 aromatic rings. The second-order valence-electron chi connectivity index (χ2n) is 6.19. The molecule has 1 heterocycles. The Labute approximate surface area is 176 Å². The van der Waals surface area contributed by atoms with Crippen molar-refractivity contribution in [3.05, 3.63) is 58.1 Å². The van der Waals surface area contributed by atoms with E-state index in [1.54, 1.807) is 42.5 Å². The molecule has 0 aromatic heterocycles. The van der Waals surface area contributed by atoms with Gasteiger partial charge in [-0.2, -0.15) is 0 Å². The Kier molecular flexibility index (Phi) is 6.33. The minimum atomic E-state index is -0.799. The number of imide groups is 2. The van der Waals surface area contributed by atoms with E-state index >= 15 is 0 Å². The Balaban J connectivity index is 1.91. The van der Waals surface area contributed by atoms with E-state index in [9.17, 15) is 14.4 Å². The molecule has 1 saturated heterocycles. The average molecular weight is 459 g/mol. The standard InChI is InChI=1S/C21H19BrN2O5/c1-3-10-29-18-9-4-13(12-17(18)22)11-16-19(25)23-21(27)24(20(16)26)14-5-7-15(28-2)8-6-14/h4-9,11-12H,3,10H2,1-2H3,(H,23,25,27)/b16-11+. The number of hydrogen-bond acceptors (Lipinski definition) is 5. The molecule has 29 heavy (non-hydrogen) atoms. The fourth-order valence-corrected chi connectivity index (χ4v) is 3.24. The number of nitrogens with one attached hydrogen (secondary N) is 1. The first-order valence-electron chi connectivity index (χ1n) is 8.92. The van der Waals surface area contributed by atoms with Gasteiger partial charge in [0.1, 0.15) is 17.1 Å². The summed E-state index contributed by atoms with van der Waals surface area (Å²) in [5.41, 5.74) is 0.800. The first-order chi connectivity index (χ1) is 13.9. The monoisotopic (exact) mass is 458 g/mol. The quantitative estimate of drug-likeness (QED) is 0.523. The lowest BCUT2D eigenvalue weighted by Gasteiger charge is -2.26. The summed E-state index contributed by atoms with van der Waals surface area (Å²) in [7, 11) is 1.52. The van der Waals surface area contributed by atoms with Crippen LogP contribution in [0.2, 0.25) is 0 Å². The Morgan fingerprint density at radius 2 is 1.83 bits per heavy atom.